The Bertz CT molecular complexity index is 1700. The summed E-state index contributed by atoms with van der Waals surface area (Å²) >= 11 is 1.37. The first-order valence-corrected chi connectivity index (χ1v) is 12.4. The normalized spacial score (nSPS) is 15.0. The topological polar surface area (TPSA) is 81.9 Å². The molecule has 0 N–H and O–H groups in total. The second-order valence-corrected chi connectivity index (χ2v) is 9.59. The van der Waals surface area contributed by atoms with E-state index in [1.807, 2.05) is 62.4 Å². The molecule has 0 fully saturated rings. The molecule has 1 amide bonds. The van der Waals surface area contributed by atoms with E-state index in [1.54, 1.807) is 24.1 Å². The van der Waals surface area contributed by atoms with Crippen LogP contribution in [0.5, 0.6) is 11.5 Å². The average molecular weight is 499 g/mol. The SMILES string of the molecule is CCOc1ccc(C2c3c(oc4ccc(C)cc4c3=O)C(=O)N2c2nc3ccc(OC)cc3s2)cc1. The highest BCUT2D eigenvalue weighted by molar-refractivity contribution is 7.22. The van der Waals surface area contributed by atoms with Gasteiger partial charge in [0.05, 0.1) is 40.9 Å². The number of amides is 1. The number of carbonyl (C=O) groups is 1. The van der Waals surface area contributed by atoms with Crippen molar-refractivity contribution in [2.24, 2.45) is 0 Å². The molecule has 2 aromatic heterocycles. The van der Waals surface area contributed by atoms with Crippen molar-refractivity contribution in [3.8, 4) is 11.5 Å². The minimum Gasteiger partial charge on any atom is -0.497 e. The van der Waals surface area contributed by atoms with Gasteiger partial charge >= 0.3 is 0 Å². The minimum atomic E-state index is -0.688. The molecule has 0 aliphatic carbocycles. The summed E-state index contributed by atoms with van der Waals surface area (Å²) in [5, 5.41) is 0.932. The van der Waals surface area contributed by atoms with Crippen LogP contribution in [0.1, 0.15) is 40.2 Å². The Morgan fingerprint density at radius 3 is 2.56 bits per heavy atom. The highest BCUT2D eigenvalue weighted by Gasteiger charge is 2.45. The number of nitrogens with zero attached hydrogens (tertiary/aromatic N) is 2. The van der Waals surface area contributed by atoms with E-state index in [4.69, 9.17) is 18.9 Å². The Labute approximate surface area is 210 Å². The molecule has 5 aromatic rings. The summed E-state index contributed by atoms with van der Waals surface area (Å²) in [5.41, 5.74) is 2.94. The van der Waals surface area contributed by atoms with E-state index >= 15 is 0 Å². The molecular formula is C28H22N2O5S. The lowest BCUT2D eigenvalue weighted by Gasteiger charge is -2.22. The lowest BCUT2D eigenvalue weighted by molar-refractivity contribution is 0.0971. The molecule has 180 valence electrons. The number of carbonyl (C=O) groups excluding carboxylic acids is 1. The smallest absolute Gasteiger partial charge is 0.297 e. The number of methoxy groups -OCH3 is 1. The van der Waals surface area contributed by atoms with Gasteiger partial charge in [0.15, 0.2) is 10.6 Å². The first kappa shape index (κ1) is 22.3. The van der Waals surface area contributed by atoms with Gasteiger partial charge in [0.25, 0.3) is 5.91 Å². The molecule has 1 unspecified atom stereocenters. The third kappa shape index (κ3) is 3.45. The number of aryl methyl sites for hydroxylation is 1. The molecule has 3 heterocycles. The highest BCUT2D eigenvalue weighted by atomic mass is 32.1. The van der Waals surface area contributed by atoms with Gasteiger partial charge in [0, 0.05) is 0 Å². The third-order valence-corrected chi connectivity index (χ3v) is 7.34. The van der Waals surface area contributed by atoms with E-state index in [0.717, 1.165) is 21.3 Å². The Morgan fingerprint density at radius 2 is 1.81 bits per heavy atom. The molecule has 0 saturated carbocycles. The van der Waals surface area contributed by atoms with Gasteiger partial charge in [0.1, 0.15) is 17.1 Å². The van der Waals surface area contributed by atoms with Crippen molar-refractivity contribution in [2.45, 2.75) is 19.9 Å². The predicted octanol–water partition coefficient (Wildman–Crippen LogP) is 5.87. The van der Waals surface area contributed by atoms with Crippen LogP contribution in [0.2, 0.25) is 0 Å². The van der Waals surface area contributed by atoms with Gasteiger partial charge in [-0.05, 0) is 61.9 Å². The van der Waals surface area contributed by atoms with Gasteiger partial charge in [-0.1, -0.05) is 35.1 Å². The maximum atomic E-state index is 13.8. The molecule has 1 aliphatic heterocycles. The van der Waals surface area contributed by atoms with E-state index in [9.17, 15) is 9.59 Å². The molecule has 6 rings (SSSR count). The van der Waals surface area contributed by atoms with Gasteiger partial charge in [-0.2, -0.15) is 0 Å². The van der Waals surface area contributed by atoms with Crippen LogP contribution in [-0.2, 0) is 0 Å². The van der Waals surface area contributed by atoms with Gasteiger partial charge < -0.3 is 13.9 Å². The Kier molecular flexibility index (Phi) is 5.26. The highest BCUT2D eigenvalue weighted by Crippen LogP contribution is 2.44. The number of anilines is 1. The maximum absolute atomic E-state index is 13.8. The summed E-state index contributed by atoms with van der Waals surface area (Å²) in [6.07, 6.45) is 0. The molecule has 8 heteroatoms. The maximum Gasteiger partial charge on any atom is 0.297 e. The van der Waals surface area contributed by atoms with Gasteiger partial charge in [-0.25, -0.2) is 4.98 Å². The summed E-state index contributed by atoms with van der Waals surface area (Å²) in [6, 6.07) is 17.7. The van der Waals surface area contributed by atoms with Crippen LogP contribution in [-0.4, -0.2) is 24.6 Å². The second kappa shape index (κ2) is 8.49. The van der Waals surface area contributed by atoms with E-state index in [0.29, 0.717) is 39.8 Å². The van der Waals surface area contributed by atoms with Crippen molar-refractivity contribution in [2.75, 3.05) is 18.6 Å². The molecule has 1 atom stereocenters. The monoisotopic (exact) mass is 498 g/mol. The summed E-state index contributed by atoms with van der Waals surface area (Å²) < 4.78 is 17.9. The first-order valence-electron chi connectivity index (χ1n) is 11.6. The van der Waals surface area contributed by atoms with Crippen LogP contribution in [0.3, 0.4) is 0 Å². The molecule has 3 aromatic carbocycles. The number of hydrogen-bond acceptors (Lipinski definition) is 7. The van der Waals surface area contributed by atoms with Crippen molar-refractivity contribution in [1.82, 2.24) is 4.98 Å². The van der Waals surface area contributed by atoms with Crippen molar-refractivity contribution in [3.05, 3.63) is 93.3 Å². The zero-order valence-corrected chi connectivity index (χ0v) is 20.7. The van der Waals surface area contributed by atoms with E-state index in [1.165, 1.54) is 11.3 Å². The van der Waals surface area contributed by atoms with Crippen LogP contribution in [0.25, 0.3) is 21.2 Å². The van der Waals surface area contributed by atoms with Crippen LogP contribution in [0, 0.1) is 6.92 Å². The Hall–Kier alpha value is -4.17. The molecular weight excluding hydrogens is 476 g/mol. The third-order valence-electron chi connectivity index (χ3n) is 6.32. The largest absolute Gasteiger partial charge is 0.497 e. The number of fused-ring (bicyclic) bond motifs is 3. The van der Waals surface area contributed by atoms with Crippen molar-refractivity contribution in [1.29, 1.82) is 0 Å². The standard InChI is InChI=1S/C28H22N2O5S/c1-4-34-17-8-6-16(7-9-17)24-23-25(31)19-13-15(2)5-12-21(19)35-26(23)27(32)30(24)28-29-20-11-10-18(33-3)14-22(20)36-28/h5-14,24H,4H2,1-3H3. The fraction of sp³-hybridized carbons (Fsp3) is 0.179. The summed E-state index contributed by atoms with van der Waals surface area (Å²) in [5.74, 6) is 1.07. The van der Waals surface area contributed by atoms with Gasteiger partial charge in [-0.15, -0.1) is 0 Å². The number of rotatable bonds is 5. The lowest BCUT2D eigenvalue weighted by atomic mass is 9.98. The molecule has 0 spiro atoms. The quantitative estimate of drug-likeness (QED) is 0.302. The minimum absolute atomic E-state index is 0.0482. The number of ether oxygens (including phenoxy) is 2. The van der Waals surface area contributed by atoms with E-state index in [-0.39, 0.29) is 11.2 Å². The number of aromatic nitrogens is 1. The first-order chi connectivity index (χ1) is 17.5. The molecule has 0 radical (unpaired) electrons. The van der Waals surface area contributed by atoms with E-state index < -0.39 is 11.9 Å². The van der Waals surface area contributed by atoms with Crippen LogP contribution < -0.4 is 19.8 Å². The van der Waals surface area contributed by atoms with Crippen molar-refractivity contribution in [3.63, 3.8) is 0 Å². The van der Waals surface area contributed by atoms with Gasteiger partial charge in [0.2, 0.25) is 5.76 Å². The van der Waals surface area contributed by atoms with Crippen LogP contribution in [0.4, 0.5) is 5.13 Å². The molecule has 0 bridgehead atoms. The van der Waals surface area contributed by atoms with Crippen molar-refractivity contribution >= 4 is 43.6 Å². The second-order valence-electron chi connectivity index (χ2n) is 8.58. The summed E-state index contributed by atoms with van der Waals surface area (Å²) in [6.45, 7) is 4.38. The molecule has 0 saturated heterocycles. The Morgan fingerprint density at radius 1 is 1.03 bits per heavy atom. The summed E-state index contributed by atoms with van der Waals surface area (Å²) in [7, 11) is 1.61. The van der Waals surface area contributed by atoms with Crippen molar-refractivity contribution < 1.29 is 18.7 Å². The fourth-order valence-electron chi connectivity index (χ4n) is 4.64. The van der Waals surface area contributed by atoms with E-state index in [2.05, 4.69) is 0 Å². The van der Waals surface area contributed by atoms with Gasteiger partial charge in [-0.3, -0.25) is 14.5 Å². The molecule has 7 nitrogen and oxygen atoms in total. The zero-order chi connectivity index (χ0) is 25.0. The lowest BCUT2D eigenvalue weighted by Crippen LogP contribution is -2.29. The number of benzene rings is 3. The predicted molar refractivity (Wildman–Crippen MR) is 140 cm³/mol. The Balaban J connectivity index is 1.58. The fourth-order valence-corrected chi connectivity index (χ4v) is 5.66. The number of hydrogen-bond donors (Lipinski definition) is 0. The zero-order valence-electron chi connectivity index (χ0n) is 19.9. The van der Waals surface area contributed by atoms with Crippen LogP contribution >= 0.6 is 11.3 Å². The van der Waals surface area contributed by atoms with Crippen LogP contribution in [0.15, 0.2) is 69.9 Å². The summed E-state index contributed by atoms with van der Waals surface area (Å²) in [4.78, 5) is 33.9. The molecule has 36 heavy (non-hydrogen) atoms. The number of thiazole rings is 1. The average Bonchev–Trinajstić information content (AvgIpc) is 3.43. The molecule has 1 aliphatic rings.